The lowest BCUT2D eigenvalue weighted by Gasteiger charge is -2.21. The van der Waals surface area contributed by atoms with Gasteiger partial charge < -0.3 is 23.3 Å². The first-order valence-electron chi connectivity index (χ1n) is 9.88. The lowest BCUT2D eigenvalue weighted by molar-refractivity contribution is 0.0211. The summed E-state index contributed by atoms with van der Waals surface area (Å²) in [6.07, 6.45) is 4.85. The summed E-state index contributed by atoms with van der Waals surface area (Å²) in [6.45, 7) is 5.94. The Bertz CT molecular complexity index is 783. The third-order valence-corrected chi connectivity index (χ3v) is 5.41. The second-order valence-electron chi connectivity index (χ2n) is 7.43. The van der Waals surface area contributed by atoms with Gasteiger partial charge in [0.05, 0.1) is 18.2 Å². The van der Waals surface area contributed by atoms with Crippen molar-refractivity contribution in [2.45, 2.75) is 38.5 Å². The normalized spacial score (nSPS) is 20.8. The number of amides is 1. The average Bonchev–Trinajstić information content (AvgIpc) is 3.46. The SMILES string of the molecule is Cc1ncoc1C(=O)N1CCC(c2nc(CCOCC3CCOCC3)no2)C1. The highest BCUT2D eigenvalue weighted by molar-refractivity contribution is 5.92. The van der Waals surface area contributed by atoms with Crippen LogP contribution in [-0.2, 0) is 15.9 Å². The van der Waals surface area contributed by atoms with Crippen molar-refractivity contribution in [1.29, 1.82) is 0 Å². The van der Waals surface area contributed by atoms with Crippen LogP contribution in [0, 0.1) is 12.8 Å². The second-order valence-corrected chi connectivity index (χ2v) is 7.43. The summed E-state index contributed by atoms with van der Waals surface area (Å²) in [5.74, 6) is 2.04. The number of carbonyl (C=O) groups is 1. The van der Waals surface area contributed by atoms with Gasteiger partial charge in [-0.15, -0.1) is 0 Å². The lowest BCUT2D eigenvalue weighted by Crippen LogP contribution is -2.28. The molecular weight excluding hydrogens is 364 g/mol. The van der Waals surface area contributed by atoms with Crippen LogP contribution >= 0.6 is 0 Å². The van der Waals surface area contributed by atoms with E-state index in [0.29, 0.717) is 55.2 Å². The minimum atomic E-state index is -0.140. The highest BCUT2D eigenvalue weighted by atomic mass is 16.5. The van der Waals surface area contributed by atoms with Crippen LogP contribution in [0.1, 0.15) is 53.1 Å². The first-order valence-corrected chi connectivity index (χ1v) is 9.88. The Balaban J connectivity index is 1.23. The Morgan fingerprint density at radius 2 is 2.18 bits per heavy atom. The maximum Gasteiger partial charge on any atom is 0.291 e. The van der Waals surface area contributed by atoms with Crippen LogP contribution in [0.25, 0.3) is 0 Å². The number of hydrogen-bond donors (Lipinski definition) is 0. The summed E-state index contributed by atoms with van der Waals surface area (Å²) in [5.41, 5.74) is 0.606. The summed E-state index contributed by atoms with van der Waals surface area (Å²) in [5, 5.41) is 4.06. The molecule has 0 spiro atoms. The van der Waals surface area contributed by atoms with E-state index in [0.717, 1.165) is 39.1 Å². The van der Waals surface area contributed by atoms with Gasteiger partial charge in [0.15, 0.2) is 12.2 Å². The van der Waals surface area contributed by atoms with E-state index in [-0.39, 0.29) is 11.8 Å². The molecule has 0 saturated carbocycles. The molecule has 0 bridgehead atoms. The van der Waals surface area contributed by atoms with Gasteiger partial charge in [-0.3, -0.25) is 4.79 Å². The fraction of sp³-hybridized carbons (Fsp3) is 0.684. The molecule has 1 atom stereocenters. The summed E-state index contributed by atoms with van der Waals surface area (Å²) >= 11 is 0. The molecule has 4 rings (SSSR count). The summed E-state index contributed by atoms with van der Waals surface area (Å²) in [6, 6.07) is 0. The van der Waals surface area contributed by atoms with Gasteiger partial charge >= 0.3 is 0 Å². The lowest BCUT2D eigenvalue weighted by atomic mass is 10.0. The Hall–Kier alpha value is -2.26. The minimum absolute atomic E-state index is 0.0524. The minimum Gasteiger partial charge on any atom is -0.438 e. The molecule has 0 N–H and O–H groups in total. The van der Waals surface area contributed by atoms with E-state index in [1.807, 2.05) is 0 Å². The van der Waals surface area contributed by atoms with Crippen LogP contribution in [0.5, 0.6) is 0 Å². The van der Waals surface area contributed by atoms with Crippen LogP contribution in [-0.4, -0.2) is 65.4 Å². The number of hydrogen-bond acceptors (Lipinski definition) is 8. The monoisotopic (exact) mass is 390 g/mol. The number of likely N-dealkylation sites (tertiary alicyclic amines) is 1. The first kappa shape index (κ1) is 19.1. The van der Waals surface area contributed by atoms with E-state index < -0.39 is 0 Å². The Morgan fingerprint density at radius 3 is 2.96 bits per heavy atom. The van der Waals surface area contributed by atoms with Crippen molar-refractivity contribution in [1.82, 2.24) is 20.0 Å². The molecule has 1 unspecified atom stereocenters. The number of oxazole rings is 1. The van der Waals surface area contributed by atoms with Crippen molar-refractivity contribution < 1.29 is 23.2 Å². The van der Waals surface area contributed by atoms with Crippen LogP contribution in [0.4, 0.5) is 0 Å². The third kappa shape index (κ3) is 4.41. The first-order chi connectivity index (χ1) is 13.7. The molecule has 2 aromatic heterocycles. The van der Waals surface area contributed by atoms with Crippen LogP contribution in [0.3, 0.4) is 0 Å². The Morgan fingerprint density at radius 1 is 1.32 bits per heavy atom. The number of rotatable bonds is 7. The Kier molecular flexibility index (Phi) is 6.01. The van der Waals surface area contributed by atoms with E-state index in [9.17, 15) is 4.79 Å². The van der Waals surface area contributed by atoms with Crippen molar-refractivity contribution in [3.05, 3.63) is 29.6 Å². The third-order valence-electron chi connectivity index (χ3n) is 5.41. The fourth-order valence-electron chi connectivity index (χ4n) is 3.66. The molecule has 9 nitrogen and oxygen atoms in total. The van der Waals surface area contributed by atoms with E-state index in [1.165, 1.54) is 6.39 Å². The van der Waals surface area contributed by atoms with Gasteiger partial charge in [0.1, 0.15) is 0 Å². The maximum atomic E-state index is 12.5. The Labute approximate surface area is 163 Å². The zero-order valence-electron chi connectivity index (χ0n) is 16.1. The molecule has 4 heterocycles. The van der Waals surface area contributed by atoms with Crippen molar-refractivity contribution >= 4 is 5.91 Å². The highest BCUT2D eigenvalue weighted by Crippen LogP contribution is 2.27. The molecule has 0 aliphatic carbocycles. The summed E-state index contributed by atoms with van der Waals surface area (Å²) in [7, 11) is 0. The molecule has 0 aromatic carbocycles. The molecule has 2 aromatic rings. The molecule has 2 saturated heterocycles. The predicted octanol–water partition coefficient (Wildman–Crippen LogP) is 1.98. The van der Waals surface area contributed by atoms with E-state index in [2.05, 4.69) is 15.1 Å². The van der Waals surface area contributed by atoms with Crippen LogP contribution in [0.2, 0.25) is 0 Å². The zero-order chi connectivity index (χ0) is 19.3. The molecule has 2 fully saturated rings. The van der Waals surface area contributed by atoms with E-state index in [1.54, 1.807) is 11.8 Å². The van der Waals surface area contributed by atoms with Gasteiger partial charge in [-0.25, -0.2) is 4.98 Å². The molecular formula is C19H26N4O5. The van der Waals surface area contributed by atoms with Gasteiger partial charge in [0.25, 0.3) is 5.91 Å². The molecule has 9 heteroatoms. The van der Waals surface area contributed by atoms with Crippen molar-refractivity contribution in [2.75, 3.05) is 39.5 Å². The van der Waals surface area contributed by atoms with Gasteiger partial charge in [0, 0.05) is 39.3 Å². The van der Waals surface area contributed by atoms with Gasteiger partial charge in [-0.2, -0.15) is 4.98 Å². The molecule has 2 aliphatic heterocycles. The van der Waals surface area contributed by atoms with Crippen LogP contribution < -0.4 is 0 Å². The average molecular weight is 390 g/mol. The van der Waals surface area contributed by atoms with Gasteiger partial charge in [0.2, 0.25) is 11.7 Å². The van der Waals surface area contributed by atoms with Crippen molar-refractivity contribution in [3.63, 3.8) is 0 Å². The summed E-state index contributed by atoms with van der Waals surface area (Å²) < 4.78 is 21.8. The quantitative estimate of drug-likeness (QED) is 0.661. The second kappa shape index (κ2) is 8.83. The van der Waals surface area contributed by atoms with Crippen molar-refractivity contribution in [3.8, 4) is 0 Å². The molecule has 152 valence electrons. The van der Waals surface area contributed by atoms with E-state index >= 15 is 0 Å². The van der Waals surface area contributed by atoms with Gasteiger partial charge in [-0.1, -0.05) is 5.16 Å². The maximum absolute atomic E-state index is 12.5. The summed E-state index contributed by atoms with van der Waals surface area (Å²) in [4.78, 5) is 22.7. The van der Waals surface area contributed by atoms with Gasteiger partial charge in [-0.05, 0) is 32.1 Å². The van der Waals surface area contributed by atoms with Crippen molar-refractivity contribution in [2.24, 2.45) is 5.92 Å². The fourth-order valence-corrected chi connectivity index (χ4v) is 3.66. The number of carbonyl (C=O) groups excluding carboxylic acids is 1. The molecule has 2 aliphatic rings. The van der Waals surface area contributed by atoms with Crippen LogP contribution in [0.15, 0.2) is 15.3 Å². The molecule has 28 heavy (non-hydrogen) atoms. The molecule has 0 radical (unpaired) electrons. The zero-order valence-corrected chi connectivity index (χ0v) is 16.1. The molecule has 1 amide bonds. The number of ether oxygens (including phenoxy) is 2. The predicted molar refractivity (Wildman–Crippen MR) is 96.9 cm³/mol. The topological polar surface area (TPSA) is 104 Å². The highest BCUT2D eigenvalue weighted by Gasteiger charge is 2.33. The smallest absolute Gasteiger partial charge is 0.291 e. The number of nitrogens with zero attached hydrogens (tertiary/aromatic N) is 4. The number of aromatic nitrogens is 3. The standard InChI is InChI=1S/C19H26N4O5/c1-13-17(27-12-20-13)19(24)23-6-2-15(10-23)18-21-16(22-28-18)5-9-26-11-14-3-7-25-8-4-14/h12,14-15H,2-11H2,1H3. The largest absolute Gasteiger partial charge is 0.438 e. The number of aryl methyl sites for hydroxylation is 1. The van der Waals surface area contributed by atoms with E-state index in [4.69, 9.17) is 18.4 Å².